The van der Waals surface area contributed by atoms with Crippen LogP contribution in [0.5, 0.6) is 0 Å². The standard InChI is InChI=1S/C18H22N2O4S/c1-24-18(23)15-12-20(9-10-25-15)17(22)14-6-4-13(5-7-14)11-19-8-2-3-16(19)21/h4-7,15H,2-3,8-12H2,1H3/t15-/m0/s1. The molecule has 2 fully saturated rings. The van der Waals surface area contributed by atoms with Crippen LogP contribution in [0.25, 0.3) is 0 Å². The van der Waals surface area contributed by atoms with Crippen molar-refractivity contribution in [2.24, 2.45) is 0 Å². The van der Waals surface area contributed by atoms with Crippen molar-refractivity contribution in [3.63, 3.8) is 0 Å². The summed E-state index contributed by atoms with van der Waals surface area (Å²) >= 11 is 1.53. The summed E-state index contributed by atoms with van der Waals surface area (Å²) in [5.74, 6) is 0.562. The first-order chi connectivity index (χ1) is 12.1. The van der Waals surface area contributed by atoms with Crippen LogP contribution < -0.4 is 0 Å². The molecule has 1 aromatic carbocycles. The molecule has 6 nitrogen and oxygen atoms in total. The van der Waals surface area contributed by atoms with Gasteiger partial charge in [0.25, 0.3) is 5.91 Å². The van der Waals surface area contributed by atoms with Crippen molar-refractivity contribution >= 4 is 29.5 Å². The average molecular weight is 362 g/mol. The third-order valence-electron chi connectivity index (χ3n) is 4.56. The molecule has 0 saturated carbocycles. The summed E-state index contributed by atoms with van der Waals surface area (Å²) in [4.78, 5) is 39.6. The molecular formula is C18H22N2O4S. The van der Waals surface area contributed by atoms with Crippen molar-refractivity contribution in [3.8, 4) is 0 Å². The Balaban J connectivity index is 1.62. The number of methoxy groups -OCH3 is 1. The van der Waals surface area contributed by atoms with E-state index in [0.717, 1.165) is 24.3 Å². The zero-order valence-corrected chi connectivity index (χ0v) is 15.1. The third-order valence-corrected chi connectivity index (χ3v) is 5.73. The van der Waals surface area contributed by atoms with E-state index >= 15 is 0 Å². The van der Waals surface area contributed by atoms with E-state index in [1.165, 1.54) is 18.9 Å². The average Bonchev–Trinajstić information content (AvgIpc) is 3.06. The van der Waals surface area contributed by atoms with Crippen molar-refractivity contribution < 1.29 is 19.1 Å². The molecule has 0 N–H and O–H groups in total. The van der Waals surface area contributed by atoms with Crippen LogP contribution in [-0.2, 0) is 20.9 Å². The maximum Gasteiger partial charge on any atom is 0.320 e. The molecule has 1 atom stereocenters. The summed E-state index contributed by atoms with van der Waals surface area (Å²) in [6, 6.07) is 7.39. The van der Waals surface area contributed by atoms with Crippen molar-refractivity contribution in [2.45, 2.75) is 24.6 Å². The number of likely N-dealkylation sites (tertiary alicyclic amines) is 1. The van der Waals surface area contributed by atoms with Crippen molar-refractivity contribution in [1.82, 2.24) is 9.80 Å². The third kappa shape index (κ3) is 4.15. The Kier molecular flexibility index (Phi) is 5.63. The van der Waals surface area contributed by atoms with Gasteiger partial charge in [0.2, 0.25) is 5.91 Å². The summed E-state index contributed by atoms with van der Waals surface area (Å²) in [7, 11) is 1.37. The molecule has 0 bridgehead atoms. The van der Waals surface area contributed by atoms with E-state index in [1.54, 1.807) is 17.0 Å². The molecule has 2 amide bonds. The van der Waals surface area contributed by atoms with Gasteiger partial charge in [0.1, 0.15) is 5.25 Å². The number of esters is 1. The second-order valence-corrected chi connectivity index (χ2v) is 7.56. The van der Waals surface area contributed by atoms with E-state index in [9.17, 15) is 14.4 Å². The second kappa shape index (κ2) is 7.91. The SMILES string of the molecule is COC(=O)[C@@H]1CN(C(=O)c2ccc(CN3CCCC3=O)cc2)CCS1. The molecule has 0 radical (unpaired) electrons. The van der Waals surface area contributed by atoms with Crippen LogP contribution >= 0.6 is 11.8 Å². The lowest BCUT2D eigenvalue weighted by atomic mass is 10.1. The Bertz CT molecular complexity index is 662. The van der Waals surface area contributed by atoms with Crippen molar-refractivity contribution in [1.29, 1.82) is 0 Å². The number of hydrogen-bond donors (Lipinski definition) is 0. The fourth-order valence-corrected chi connectivity index (χ4v) is 4.26. The molecule has 2 aliphatic heterocycles. The zero-order chi connectivity index (χ0) is 17.8. The Morgan fingerprint density at radius 2 is 2.00 bits per heavy atom. The number of benzene rings is 1. The number of nitrogens with zero attached hydrogens (tertiary/aromatic N) is 2. The summed E-state index contributed by atoms with van der Waals surface area (Å²) in [5.41, 5.74) is 1.63. The van der Waals surface area contributed by atoms with Gasteiger partial charge < -0.3 is 14.5 Å². The summed E-state index contributed by atoms with van der Waals surface area (Å²) < 4.78 is 4.78. The molecule has 1 aromatic rings. The van der Waals surface area contributed by atoms with Gasteiger partial charge in [-0.15, -0.1) is 11.8 Å². The number of rotatable bonds is 4. The number of carbonyl (C=O) groups is 3. The minimum atomic E-state index is -0.317. The first-order valence-corrected chi connectivity index (χ1v) is 9.49. The normalized spacial score (nSPS) is 20.7. The highest BCUT2D eigenvalue weighted by atomic mass is 32.2. The van der Waals surface area contributed by atoms with E-state index in [0.29, 0.717) is 31.6 Å². The highest BCUT2D eigenvalue weighted by molar-refractivity contribution is 8.00. The fourth-order valence-electron chi connectivity index (χ4n) is 3.13. The second-order valence-electron chi connectivity index (χ2n) is 6.25. The molecule has 2 saturated heterocycles. The molecular weight excluding hydrogens is 340 g/mol. The molecule has 7 heteroatoms. The van der Waals surface area contributed by atoms with Crippen LogP contribution in [-0.4, -0.2) is 65.3 Å². The highest BCUT2D eigenvalue weighted by Gasteiger charge is 2.30. The van der Waals surface area contributed by atoms with Gasteiger partial charge >= 0.3 is 5.97 Å². The molecule has 25 heavy (non-hydrogen) atoms. The summed E-state index contributed by atoms with van der Waals surface area (Å²) in [6.45, 7) is 2.40. The number of carbonyl (C=O) groups excluding carboxylic acids is 3. The first kappa shape index (κ1) is 17.8. The Morgan fingerprint density at radius 1 is 1.24 bits per heavy atom. The highest BCUT2D eigenvalue weighted by Crippen LogP contribution is 2.22. The van der Waals surface area contributed by atoms with E-state index in [4.69, 9.17) is 4.74 Å². The first-order valence-electron chi connectivity index (χ1n) is 8.44. The number of thioether (sulfide) groups is 1. The molecule has 134 valence electrons. The maximum atomic E-state index is 12.7. The largest absolute Gasteiger partial charge is 0.468 e. The predicted octanol–water partition coefficient (Wildman–Crippen LogP) is 1.54. The van der Waals surface area contributed by atoms with E-state index in [-0.39, 0.29) is 23.0 Å². The van der Waals surface area contributed by atoms with E-state index in [1.807, 2.05) is 17.0 Å². The molecule has 0 aliphatic carbocycles. The smallest absolute Gasteiger partial charge is 0.320 e. The fraction of sp³-hybridized carbons (Fsp3) is 0.500. The molecule has 2 heterocycles. The lowest BCUT2D eigenvalue weighted by Gasteiger charge is -2.31. The monoisotopic (exact) mass is 362 g/mol. The van der Waals surface area contributed by atoms with Crippen LogP contribution in [0.2, 0.25) is 0 Å². The quantitative estimate of drug-likeness (QED) is 0.760. The van der Waals surface area contributed by atoms with Crippen LogP contribution in [0.4, 0.5) is 0 Å². The van der Waals surface area contributed by atoms with Crippen molar-refractivity contribution in [2.75, 3.05) is 32.5 Å². The topological polar surface area (TPSA) is 66.9 Å². The lowest BCUT2D eigenvalue weighted by Crippen LogP contribution is -2.44. The Labute approximate surface area is 151 Å². The molecule has 0 aromatic heterocycles. The number of ether oxygens (including phenoxy) is 1. The van der Waals surface area contributed by atoms with Gasteiger partial charge in [-0.3, -0.25) is 14.4 Å². The van der Waals surface area contributed by atoms with Gasteiger partial charge in [-0.25, -0.2) is 0 Å². The van der Waals surface area contributed by atoms with Gasteiger partial charge in [0.05, 0.1) is 7.11 Å². The van der Waals surface area contributed by atoms with Crippen molar-refractivity contribution in [3.05, 3.63) is 35.4 Å². The minimum Gasteiger partial charge on any atom is -0.468 e. The van der Waals surface area contributed by atoms with Gasteiger partial charge in [0, 0.05) is 43.9 Å². The van der Waals surface area contributed by atoms with Gasteiger partial charge in [-0.2, -0.15) is 0 Å². The Morgan fingerprint density at radius 3 is 2.64 bits per heavy atom. The number of amides is 2. The molecule has 3 rings (SSSR count). The van der Waals surface area contributed by atoms with Gasteiger partial charge in [0.15, 0.2) is 0 Å². The van der Waals surface area contributed by atoms with Crippen LogP contribution in [0.1, 0.15) is 28.8 Å². The van der Waals surface area contributed by atoms with Crippen LogP contribution in [0, 0.1) is 0 Å². The minimum absolute atomic E-state index is 0.0713. The van der Waals surface area contributed by atoms with Gasteiger partial charge in [-0.05, 0) is 24.1 Å². The zero-order valence-electron chi connectivity index (χ0n) is 14.3. The molecule has 0 spiro atoms. The number of hydrogen-bond acceptors (Lipinski definition) is 5. The molecule has 0 unspecified atom stereocenters. The van der Waals surface area contributed by atoms with Crippen LogP contribution in [0.3, 0.4) is 0 Å². The summed E-state index contributed by atoms with van der Waals surface area (Å²) in [5, 5.41) is -0.317. The molecule has 2 aliphatic rings. The maximum absolute atomic E-state index is 12.7. The predicted molar refractivity (Wildman–Crippen MR) is 95.3 cm³/mol. The van der Waals surface area contributed by atoms with Crippen LogP contribution in [0.15, 0.2) is 24.3 Å². The van der Waals surface area contributed by atoms with Gasteiger partial charge in [-0.1, -0.05) is 12.1 Å². The van der Waals surface area contributed by atoms with E-state index in [2.05, 4.69) is 0 Å². The van der Waals surface area contributed by atoms with E-state index < -0.39 is 0 Å². The Hall–Kier alpha value is -2.02. The summed E-state index contributed by atoms with van der Waals surface area (Å²) in [6.07, 6.45) is 1.55. The lowest BCUT2D eigenvalue weighted by molar-refractivity contribution is -0.140.